The number of nitrogens with zero attached hydrogens (tertiary/aromatic N) is 2. The minimum atomic E-state index is -1.98. The van der Waals surface area contributed by atoms with Gasteiger partial charge in [-0.3, -0.25) is 9.69 Å². The Morgan fingerprint density at radius 2 is 1.60 bits per heavy atom. The first-order chi connectivity index (χ1) is 14.0. The van der Waals surface area contributed by atoms with Crippen molar-refractivity contribution in [3.8, 4) is 0 Å². The average Bonchev–Trinajstić information content (AvgIpc) is 2.85. The first-order valence-corrected chi connectivity index (χ1v) is 11.2. The van der Waals surface area contributed by atoms with Crippen LogP contribution in [0.15, 0.2) is 30.3 Å². The molecule has 2 aromatic rings. The van der Waals surface area contributed by atoms with Gasteiger partial charge in [0, 0.05) is 35.8 Å². The molecule has 0 fully saturated rings. The molecule has 1 heterocycles. The Kier molecular flexibility index (Phi) is 6.98. The molecule has 0 saturated carbocycles. The molecule has 1 aliphatic heterocycles. The second-order valence-electron chi connectivity index (χ2n) is 8.00. The van der Waals surface area contributed by atoms with Gasteiger partial charge in [0.1, 0.15) is 0 Å². The Morgan fingerprint density at radius 1 is 0.967 bits per heavy atom. The van der Waals surface area contributed by atoms with Crippen LogP contribution in [-0.4, -0.2) is 41.1 Å². The highest BCUT2D eigenvalue weighted by Gasteiger charge is 2.52. The maximum Gasteiger partial charge on any atom is 0.268 e. The van der Waals surface area contributed by atoms with E-state index in [0.29, 0.717) is 52.0 Å². The van der Waals surface area contributed by atoms with Crippen LogP contribution in [0, 0.1) is 0 Å². The largest absolute Gasteiger partial charge is 0.372 e. The van der Waals surface area contributed by atoms with Crippen LogP contribution >= 0.6 is 46.4 Å². The second-order valence-corrected chi connectivity index (χ2v) is 9.66. The average molecular weight is 490 g/mol. The predicted octanol–water partition coefficient (Wildman–Crippen LogP) is 6.00. The summed E-state index contributed by atoms with van der Waals surface area (Å²) in [5.74, 6) is -0.493. The molecule has 2 aromatic carbocycles. The van der Waals surface area contributed by atoms with E-state index in [4.69, 9.17) is 46.4 Å². The number of fused-ring (bicyclic) bond motifs is 1. The van der Waals surface area contributed by atoms with Gasteiger partial charge in [-0.25, -0.2) is 0 Å². The van der Waals surface area contributed by atoms with Crippen molar-refractivity contribution < 1.29 is 9.90 Å². The van der Waals surface area contributed by atoms with Gasteiger partial charge in [0.2, 0.25) is 0 Å². The molecule has 30 heavy (non-hydrogen) atoms. The minimum Gasteiger partial charge on any atom is -0.372 e. The molecular weight excluding hydrogens is 466 g/mol. The number of carbonyl (C=O) groups excluding carboxylic acids is 1. The molecule has 1 amide bonds. The lowest BCUT2D eigenvalue weighted by Crippen LogP contribution is -2.46. The van der Waals surface area contributed by atoms with Gasteiger partial charge in [-0.15, -0.1) is 0 Å². The van der Waals surface area contributed by atoms with Crippen molar-refractivity contribution in [3.05, 3.63) is 61.5 Å². The van der Waals surface area contributed by atoms with E-state index in [0.717, 1.165) is 0 Å². The number of hydrogen-bond acceptors (Lipinski definition) is 3. The fraction of sp³-hybridized carbons (Fsp3) is 0.409. The standard InChI is InChI=1S/C22H24Cl4N2O2/c1-12(2)27(13(3)4)7-8-28-19-11-15(23)10-18(26)20(19)22(30,21(28)29)14-5-6-16(24)17(25)9-14/h5-6,9-13,30H,7-8H2,1-4H3. The summed E-state index contributed by atoms with van der Waals surface area (Å²) in [6.45, 7) is 9.45. The summed E-state index contributed by atoms with van der Waals surface area (Å²) in [6.07, 6.45) is 0. The summed E-state index contributed by atoms with van der Waals surface area (Å²) in [7, 11) is 0. The van der Waals surface area contributed by atoms with Crippen LogP contribution in [0.5, 0.6) is 0 Å². The highest BCUT2D eigenvalue weighted by atomic mass is 35.5. The molecular formula is C22H24Cl4N2O2. The maximum absolute atomic E-state index is 13.6. The number of amides is 1. The number of anilines is 1. The van der Waals surface area contributed by atoms with E-state index in [9.17, 15) is 9.90 Å². The Hall–Kier alpha value is -1.01. The highest BCUT2D eigenvalue weighted by molar-refractivity contribution is 6.42. The van der Waals surface area contributed by atoms with Crippen LogP contribution in [-0.2, 0) is 10.4 Å². The van der Waals surface area contributed by atoms with Crippen LogP contribution in [0.25, 0.3) is 0 Å². The van der Waals surface area contributed by atoms with Crippen molar-refractivity contribution in [1.29, 1.82) is 0 Å². The molecule has 1 atom stereocenters. The molecule has 0 aliphatic carbocycles. The van der Waals surface area contributed by atoms with Crippen LogP contribution in [0.3, 0.4) is 0 Å². The summed E-state index contributed by atoms with van der Waals surface area (Å²) >= 11 is 24.9. The lowest BCUT2D eigenvalue weighted by atomic mass is 9.87. The van der Waals surface area contributed by atoms with E-state index in [2.05, 4.69) is 32.6 Å². The van der Waals surface area contributed by atoms with Gasteiger partial charge in [-0.05, 0) is 57.5 Å². The Labute approximate surface area is 197 Å². The summed E-state index contributed by atoms with van der Waals surface area (Å²) in [5.41, 5.74) is -0.873. The van der Waals surface area contributed by atoms with E-state index in [1.807, 2.05) is 0 Å². The second kappa shape index (κ2) is 8.85. The maximum atomic E-state index is 13.6. The quantitative estimate of drug-likeness (QED) is 0.540. The van der Waals surface area contributed by atoms with Crippen LogP contribution in [0.2, 0.25) is 20.1 Å². The van der Waals surface area contributed by atoms with Crippen molar-refractivity contribution in [2.75, 3.05) is 18.0 Å². The predicted molar refractivity (Wildman–Crippen MR) is 125 cm³/mol. The van der Waals surface area contributed by atoms with E-state index in [-0.39, 0.29) is 10.0 Å². The van der Waals surface area contributed by atoms with Crippen molar-refractivity contribution in [2.45, 2.75) is 45.4 Å². The molecule has 0 bridgehead atoms. The smallest absolute Gasteiger partial charge is 0.268 e. The van der Waals surface area contributed by atoms with Gasteiger partial charge in [0.25, 0.3) is 5.91 Å². The molecule has 162 valence electrons. The Bertz CT molecular complexity index is 972. The number of hydrogen-bond donors (Lipinski definition) is 1. The first kappa shape index (κ1) is 23.6. The third-order valence-corrected chi connectivity index (χ3v) is 6.74. The molecule has 3 rings (SSSR count). The normalized spacial score (nSPS) is 18.8. The summed E-state index contributed by atoms with van der Waals surface area (Å²) < 4.78 is 0. The monoisotopic (exact) mass is 488 g/mol. The lowest BCUT2D eigenvalue weighted by Gasteiger charge is -2.32. The van der Waals surface area contributed by atoms with Gasteiger partial charge >= 0.3 is 0 Å². The van der Waals surface area contributed by atoms with Gasteiger partial charge in [0.15, 0.2) is 5.60 Å². The third-order valence-electron chi connectivity index (χ3n) is 5.49. The summed E-state index contributed by atoms with van der Waals surface area (Å²) in [4.78, 5) is 17.4. The number of benzene rings is 2. The first-order valence-electron chi connectivity index (χ1n) is 9.73. The fourth-order valence-electron chi connectivity index (χ4n) is 4.08. The zero-order valence-electron chi connectivity index (χ0n) is 17.2. The summed E-state index contributed by atoms with van der Waals surface area (Å²) in [5, 5.41) is 12.9. The number of rotatable bonds is 6. The van der Waals surface area contributed by atoms with Crippen LogP contribution in [0.4, 0.5) is 5.69 Å². The third kappa shape index (κ3) is 4.06. The number of aliphatic hydroxyl groups is 1. The van der Waals surface area contributed by atoms with Gasteiger partial charge in [0.05, 0.1) is 20.8 Å². The molecule has 0 spiro atoms. The highest BCUT2D eigenvalue weighted by Crippen LogP contribution is 2.49. The van der Waals surface area contributed by atoms with Gasteiger partial charge in [-0.2, -0.15) is 0 Å². The fourth-order valence-corrected chi connectivity index (χ4v) is 5.00. The van der Waals surface area contributed by atoms with Crippen molar-refractivity contribution in [1.82, 2.24) is 4.90 Å². The molecule has 1 unspecified atom stereocenters. The number of carbonyl (C=O) groups is 1. The Balaban J connectivity index is 2.10. The van der Waals surface area contributed by atoms with Crippen LogP contribution in [0.1, 0.15) is 38.8 Å². The van der Waals surface area contributed by atoms with Crippen molar-refractivity contribution in [2.24, 2.45) is 0 Å². The molecule has 4 nitrogen and oxygen atoms in total. The SMILES string of the molecule is CC(C)N(CCN1C(=O)C(O)(c2ccc(Cl)c(Cl)c2)c2c(Cl)cc(Cl)cc21)C(C)C. The van der Waals surface area contributed by atoms with Gasteiger partial charge in [-0.1, -0.05) is 52.5 Å². The van der Waals surface area contributed by atoms with Gasteiger partial charge < -0.3 is 10.0 Å². The minimum absolute atomic E-state index is 0.214. The van der Waals surface area contributed by atoms with Crippen LogP contribution < -0.4 is 4.90 Å². The molecule has 0 radical (unpaired) electrons. The van der Waals surface area contributed by atoms with E-state index < -0.39 is 11.5 Å². The Morgan fingerprint density at radius 3 is 2.17 bits per heavy atom. The van der Waals surface area contributed by atoms with Crippen molar-refractivity contribution >= 4 is 58.0 Å². The van der Waals surface area contributed by atoms with Crippen molar-refractivity contribution in [3.63, 3.8) is 0 Å². The zero-order chi connectivity index (χ0) is 22.4. The van der Waals surface area contributed by atoms with E-state index in [1.54, 1.807) is 23.1 Å². The molecule has 8 heteroatoms. The molecule has 1 N–H and O–H groups in total. The number of halogens is 4. The zero-order valence-corrected chi connectivity index (χ0v) is 20.2. The molecule has 0 aromatic heterocycles. The lowest BCUT2D eigenvalue weighted by molar-refractivity contribution is -0.132. The topological polar surface area (TPSA) is 43.8 Å². The molecule has 0 saturated heterocycles. The van der Waals surface area contributed by atoms with E-state index in [1.165, 1.54) is 12.1 Å². The van der Waals surface area contributed by atoms with E-state index >= 15 is 0 Å². The molecule has 1 aliphatic rings. The summed E-state index contributed by atoms with van der Waals surface area (Å²) in [6, 6.07) is 8.42.